The van der Waals surface area contributed by atoms with Crippen molar-refractivity contribution in [3.05, 3.63) is 75.5 Å². The van der Waals surface area contributed by atoms with Crippen LogP contribution in [0.4, 0.5) is 0 Å². The first kappa shape index (κ1) is 23.1. The summed E-state index contributed by atoms with van der Waals surface area (Å²) < 4.78 is 35.7. The van der Waals surface area contributed by atoms with Crippen molar-refractivity contribution in [2.75, 3.05) is 39.4 Å². The molecule has 9 heteroatoms. The first-order valence-electron chi connectivity index (χ1n) is 12.2. The lowest BCUT2D eigenvalue weighted by atomic mass is 9.83. The fraction of sp³-hybridized carbons (Fsp3) is 0.423. The zero-order valence-electron chi connectivity index (χ0n) is 19.5. The highest BCUT2D eigenvalue weighted by Crippen LogP contribution is 2.38. The van der Waals surface area contributed by atoms with Gasteiger partial charge in [-0.2, -0.15) is 4.31 Å². The number of hydrogen-bond acceptors (Lipinski definition) is 6. The lowest BCUT2D eigenvalue weighted by Gasteiger charge is -2.42. The molecule has 2 aromatic heterocycles. The predicted molar refractivity (Wildman–Crippen MR) is 136 cm³/mol. The fourth-order valence-corrected chi connectivity index (χ4v) is 8.47. The van der Waals surface area contributed by atoms with Gasteiger partial charge >= 0.3 is 0 Å². The van der Waals surface area contributed by atoms with Gasteiger partial charge in [-0.25, -0.2) is 8.42 Å². The van der Waals surface area contributed by atoms with Gasteiger partial charge in [0.25, 0.3) is 15.6 Å². The molecule has 2 bridgehead atoms. The molecule has 35 heavy (non-hydrogen) atoms. The van der Waals surface area contributed by atoms with Crippen LogP contribution < -0.4 is 5.56 Å². The number of piperidine rings is 1. The zero-order valence-corrected chi connectivity index (χ0v) is 21.1. The summed E-state index contributed by atoms with van der Waals surface area (Å²) in [5, 5.41) is 1.80. The average molecular weight is 512 g/mol. The van der Waals surface area contributed by atoms with Crippen LogP contribution in [0.5, 0.6) is 0 Å². The molecule has 0 amide bonds. The summed E-state index contributed by atoms with van der Waals surface area (Å²) in [6, 6.07) is 15.6. The fourth-order valence-electron chi connectivity index (χ4n) is 5.76. The van der Waals surface area contributed by atoms with E-state index in [-0.39, 0.29) is 17.4 Å². The molecule has 2 atom stereocenters. The number of nitrogens with zero attached hydrogens (tertiary/aromatic N) is 3. The number of pyridine rings is 1. The molecular formula is C26H29N3O4S2. The number of ether oxygens (including phenoxy) is 1. The molecule has 0 spiro atoms. The van der Waals surface area contributed by atoms with Crippen molar-refractivity contribution in [2.45, 2.75) is 29.6 Å². The van der Waals surface area contributed by atoms with Gasteiger partial charge in [-0.1, -0.05) is 30.3 Å². The molecule has 2 saturated heterocycles. The quantitative estimate of drug-likeness (QED) is 0.526. The number of benzene rings is 1. The predicted octanol–water partition coefficient (Wildman–Crippen LogP) is 3.22. The van der Waals surface area contributed by atoms with Crippen LogP contribution in [0, 0.1) is 5.92 Å². The summed E-state index contributed by atoms with van der Waals surface area (Å²) in [5.41, 5.74) is 3.83. The van der Waals surface area contributed by atoms with E-state index < -0.39 is 10.0 Å². The van der Waals surface area contributed by atoms with Gasteiger partial charge in [-0.05, 0) is 47.0 Å². The van der Waals surface area contributed by atoms with Crippen molar-refractivity contribution >= 4 is 21.4 Å². The molecule has 5 heterocycles. The number of aromatic nitrogens is 1. The Labute approximate surface area is 209 Å². The Morgan fingerprint density at radius 3 is 2.57 bits per heavy atom. The summed E-state index contributed by atoms with van der Waals surface area (Å²) >= 11 is 1.26. The van der Waals surface area contributed by atoms with Gasteiger partial charge in [0.15, 0.2) is 0 Å². The van der Waals surface area contributed by atoms with E-state index in [4.69, 9.17) is 4.74 Å². The second-order valence-corrected chi connectivity index (χ2v) is 12.8. The molecule has 3 aliphatic rings. The van der Waals surface area contributed by atoms with Crippen LogP contribution in [0.2, 0.25) is 0 Å². The topological polar surface area (TPSA) is 71.8 Å². The second kappa shape index (κ2) is 9.29. The van der Waals surface area contributed by atoms with Crippen molar-refractivity contribution < 1.29 is 13.2 Å². The van der Waals surface area contributed by atoms with Crippen molar-refractivity contribution in [1.29, 1.82) is 0 Å². The third-order valence-corrected chi connectivity index (χ3v) is 10.7. The van der Waals surface area contributed by atoms with Crippen molar-refractivity contribution in [1.82, 2.24) is 13.8 Å². The van der Waals surface area contributed by atoms with Gasteiger partial charge in [0.05, 0.1) is 13.2 Å². The molecule has 0 aliphatic carbocycles. The Kier molecular flexibility index (Phi) is 6.14. The minimum Gasteiger partial charge on any atom is -0.379 e. The lowest BCUT2D eigenvalue weighted by molar-refractivity contribution is 0.0342. The first-order valence-corrected chi connectivity index (χ1v) is 14.5. The van der Waals surface area contributed by atoms with Crippen molar-refractivity contribution in [3.8, 4) is 11.1 Å². The van der Waals surface area contributed by atoms with Crippen LogP contribution in [0.25, 0.3) is 11.1 Å². The summed E-state index contributed by atoms with van der Waals surface area (Å²) in [5.74, 6) is 0.162. The van der Waals surface area contributed by atoms with E-state index in [2.05, 4.69) is 11.0 Å². The van der Waals surface area contributed by atoms with E-state index in [1.807, 2.05) is 34.9 Å². The van der Waals surface area contributed by atoms with E-state index >= 15 is 0 Å². The maximum Gasteiger partial charge on any atom is 0.258 e. The number of rotatable bonds is 5. The van der Waals surface area contributed by atoms with Crippen LogP contribution in [-0.2, 0) is 27.8 Å². The average Bonchev–Trinajstić information content (AvgIpc) is 3.42. The highest BCUT2D eigenvalue weighted by atomic mass is 32.2. The van der Waals surface area contributed by atoms with E-state index in [0.29, 0.717) is 23.8 Å². The minimum atomic E-state index is -3.49. The van der Waals surface area contributed by atoms with Crippen LogP contribution in [0.1, 0.15) is 23.6 Å². The Bertz CT molecular complexity index is 1380. The van der Waals surface area contributed by atoms with Gasteiger partial charge < -0.3 is 9.30 Å². The zero-order chi connectivity index (χ0) is 24.0. The Hall–Kier alpha value is -2.30. The Morgan fingerprint density at radius 1 is 0.943 bits per heavy atom. The molecule has 3 aliphatic heterocycles. The Balaban J connectivity index is 1.31. The lowest BCUT2D eigenvalue weighted by Crippen LogP contribution is -2.49. The van der Waals surface area contributed by atoms with E-state index in [1.165, 1.54) is 11.3 Å². The SMILES string of the molecule is O=c1c(-c2ccccc2CN2CCOCC2)ccc2n1C[C@H]1C[C@@H]2CN(S(=O)(=O)c2cccs2)C1. The number of fused-ring (bicyclic) bond motifs is 4. The molecular weight excluding hydrogens is 482 g/mol. The van der Waals surface area contributed by atoms with E-state index in [1.54, 1.807) is 21.8 Å². The minimum absolute atomic E-state index is 0.0289. The molecule has 7 nitrogen and oxygen atoms in total. The molecule has 0 saturated carbocycles. The molecule has 0 radical (unpaired) electrons. The third kappa shape index (κ3) is 4.29. The smallest absolute Gasteiger partial charge is 0.258 e. The van der Waals surface area contributed by atoms with Gasteiger partial charge in [-0.15, -0.1) is 11.3 Å². The molecule has 0 N–H and O–H groups in total. The number of sulfonamides is 1. The number of thiophene rings is 1. The third-order valence-electron chi connectivity index (χ3n) is 7.47. The van der Waals surface area contributed by atoms with Gasteiger partial charge in [0.1, 0.15) is 4.21 Å². The molecule has 1 aromatic carbocycles. The van der Waals surface area contributed by atoms with E-state index in [0.717, 1.165) is 61.7 Å². The Morgan fingerprint density at radius 2 is 1.77 bits per heavy atom. The summed E-state index contributed by atoms with van der Waals surface area (Å²) in [6.07, 6.45) is 0.920. The summed E-state index contributed by atoms with van der Waals surface area (Å²) in [6.45, 7) is 5.50. The molecule has 2 fully saturated rings. The maximum absolute atomic E-state index is 13.8. The largest absolute Gasteiger partial charge is 0.379 e. The molecule has 184 valence electrons. The summed E-state index contributed by atoms with van der Waals surface area (Å²) in [7, 11) is -3.49. The van der Waals surface area contributed by atoms with Gasteiger partial charge in [0, 0.05) is 56.4 Å². The van der Waals surface area contributed by atoms with Crippen molar-refractivity contribution in [3.63, 3.8) is 0 Å². The van der Waals surface area contributed by atoms with Gasteiger partial charge in [-0.3, -0.25) is 9.69 Å². The van der Waals surface area contributed by atoms with Crippen LogP contribution in [0.3, 0.4) is 0 Å². The molecule has 6 rings (SSSR count). The highest BCUT2D eigenvalue weighted by Gasteiger charge is 2.40. The summed E-state index contributed by atoms with van der Waals surface area (Å²) in [4.78, 5) is 16.1. The number of hydrogen-bond donors (Lipinski definition) is 0. The highest BCUT2D eigenvalue weighted by molar-refractivity contribution is 7.91. The first-order chi connectivity index (χ1) is 17.0. The molecule has 3 aromatic rings. The standard InChI is InChI=1S/C26H29N3O4S2/c30-26-23(22-5-2-1-4-20(22)17-27-9-11-33-12-10-27)7-8-24-21-14-19(16-29(24)26)15-28(18-21)35(31,32)25-6-3-13-34-25/h1-8,13,19,21H,9-12,14-18H2/t19-,21+/m0/s1. The maximum atomic E-state index is 13.8. The normalized spacial score (nSPS) is 23.2. The monoisotopic (exact) mass is 511 g/mol. The second-order valence-electron chi connectivity index (χ2n) is 9.69. The van der Waals surface area contributed by atoms with Crippen molar-refractivity contribution in [2.24, 2.45) is 5.92 Å². The van der Waals surface area contributed by atoms with Crippen LogP contribution in [0.15, 0.2) is 62.9 Å². The van der Waals surface area contributed by atoms with E-state index in [9.17, 15) is 13.2 Å². The van der Waals surface area contributed by atoms with Crippen LogP contribution >= 0.6 is 11.3 Å². The number of morpholine rings is 1. The van der Waals surface area contributed by atoms with Crippen LogP contribution in [-0.4, -0.2) is 61.6 Å². The van der Waals surface area contributed by atoms with Gasteiger partial charge in [0.2, 0.25) is 0 Å². The molecule has 0 unspecified atom stereocenters.